The summed E-state index contributed by atoms with van der Waals surface area (Å²) in [5, 5.41) is 9.14. The Labute approximate surface area is 122 Å². The summed E-state index contributed by atoms with van der Waals surface area (Å²) in [5.41, 5.74) is 0.925. The molecule has 0 radical (unpaired) electrons. The van der Waals surface area contributed by atoms with Gasteiger partial charge >= 0.3 is 5.97 Å². The van der Waals surface area contributed by atoms with Crippen LogP contribution in [0.2, 0.25) is 0 Å². The summed E-state index contributed by atoms with van der Waals surface area (Å²) in [6, 6.07) is 0. The second-order valence-corrected chi connectivity index (χ2v) is 6.02. The molecule has 0 aromatic rings. The van der Waals surface area contributed by atoms with Gasteiger partial charge in [0.1, 0.15) is 0 Å². The fourth-order valence-corrected chi connectivity index (χ4v) is 1.42. The van der Waals surface area contributed by atoms with Crippen LogP contribution in [0.1, 0.15) is 34.6 Å². The van der Waals surface area contributed by atoms with E-state index in [2.05, 4.69) is 13.2 Å². The molecule has 0 aliphatic rings. The van der Waals surface area contributed by atoms with E-state index in [9.17, 15) is 4.79 Å². The smallest absolute Gasteiger partial charge is 0.312 e. The maximum absolute atomic E-state index is 11.1. The molecule has 0 aromatic carbocycles. The number of allylic oxidation sites excluding steroid dienone is 7. The van der Waals surface area contributed by atoms with Crippen LogP contribution in [0.15, 0.2) is 60.8 Å². The summed E-state index contributed by atoms with van der Waals surface area (Å²) in [6.45, 7) is 17.0. The van der Waals surface area contributed by atoms with E-state index in [1.54, 1.807) is 32.1 Å². The first-order chi connectivity index (χ1) is 9.06. The molecule has 2 nitrogen and oxygen atoms in total. The van der Waals surface area contributed by atoms with Crippen LogP contribution in [0.3, 0.4) is 0 Å². The van der Waals surface area contributed by atoms with Crippen LogP contribution in [0, 0.1) is 10.8 Å². The fraction of sp³-hybridized carbons (Fsp3) is 0.389. The van der Waals surface area contributed by atoms with Crippen molar-refractivity contribution in [1.29, 1.82) is 0 Å². The zero-order chi connectivity index (χ0) is 16.0. The lowest BCUT2D eigenvalue weighted by Gasteiger charge is -2.24. The normalized spacial score (nSPS) is 14.4. The third-order valence-corrected chi connectivity index (χ3v) is 3.28. The maximum atomic E-state index is 11.1. The lowest BCUT2D eigenvalue weighted by Crippen LogP contribution is -2.22. The summed E-state index contributed by atoms with van der Waals surface area (Å²) in [5.74, 6) is -0.837. The Morgan fingerprint density at radius 1 is 0.950 bits per heavy atom. The van der Waals surface area contributed by atoms with Gasteiger partial charge in [-0.15, -0.1) is 0 Å². The Hall–Kier alpha value is -1.83. The van der Waals surface area contributed by atoms with Crippen molar-refractivity contribution >= 4 is 5.97 Å². The number of carboxylic acids is 1. The van der Waals surface area contributed by atoms with Gasteiger partial charge in [0.25, 0.3) is 0 Å². The van der Waals surface area contributed by atoms with E-state index in [0.717, 1.165) is 11.1 Å². The molecule has 0 atom stereocenters. The molecule has 0 aliphatic carbocycles. The van der Waals surface area contributed by atoms with E-state index in [-0.39, 0.29) is 5.41 Å². The molecule has 0 aliphatic heterocycles. The average molecular weight is 274 g/mol. The molecular weight excluding hydrogens is 248 g/mol. The van der Waals surface area contributed by atoms with Crippen LogP contribution < -0.4 is 0 Å². The first-order valence-electron chi connectivity index (χ1n) is 6.64. The van der Waals surface area contributed by atoms with Gasteiger partial charge in [-0.05, 0) is 26.3 Å². The summed E-state index contributed by atoms with van der Waals surface area (Å²) < 4.78 is 0. The molecule has 0 saturated heterocycles. The summed E-state index contributed by atoms with van der Waals surface area (Å²) in [6.07, 6.45) is 11.2. The molecule has 0 spiro atoms. The van der Waals surface area contributed by atoms with Gasteiger partial charge in [0.05, 0.1) is 5.41 Å². The van der Waals surface area contributed by atoms with E-state index in [0.29, 0.717) is 0 Å². The van der Waals surface area contributed by atoms with Gasteiger partial charge in [-0.25, -0.2) is 0 Å². The van der Waals surface area contributed by atoms with Gasteiger partial charge in [-0.2, -0.15) is 0 Å². The minimum absolute atomic E-state index is 0.285. The van der Waals surface area contributed by atoms with Crippen LogP contribution in [-0.4, -0.2) is 11.1 Å². The van der Waals surface area contributed by atoms with E-state index in [4.69, 9.17) is 5.11 Å². The highest BCUT2D eigenvalue weighted by atomic mass is 16.4. The lowest BCUT2D eigenvalue weighted by molar-refractivity contribution is -0.144. The molecule has 0 aromatic heterocycles. The molecule has 0 heterocycles. The fourth-order valence-electron chi connectivity index (χ4n) is 1.42. The van der Waals surface area contributed by atoms with Crippen LogP contribution in [0.4, 0.5) is 0 Å². The zero-order valence-electron chi connectivity index (χ0n) is 13.2. The molecule has 110 valence electrons. The predicted molar refractivity (Wildman–Crippen MR) is 86.6 cm³/mol. The van der Waals surface area contributed by atoms with Gasteiger partial charge in [0, 0.05) is 5.41 Å². The Kier molecular flexibility index (Phi) is 6.44. The van der Waals surface area contributed by atoms with E-state index >= 15 is 0 Å². The average Bonchev–Trinajstić information content (AvgIpc) is 2.36. The third-order valence-electron chi connectivity index (χ3n) is 3.28. The van der Waals surface area contributed by atoms with Gasteiger partial charge < -0.3 is 5.11 Å². The number of hydrogen-bond acceptors (Lipinski definition) is 1. The summed E-state index contributed by atoms with van der Waals surface area (Å²) in [7, 11) is 0. The van der Waals surface area contributed by atoms with E-state index in [1.165, 1.54) is 0 Å². The number of carboxylic acid groups (broad SMARTS) is 1. The summed E-state index contributed by atoms with van der Waals surface area (Å²) >= 11 is 0. The second kappa shape index (κ2) is 7.09. The Morgan fingerprint density at radius 2 is 1.45 bits per heavy atom. The Bertz CT molecular complexity index is 472. The Morgan fingerprint density at radius 3 is 1.85 bits per heavy atom. The minimum Gasteiger partial charge on any atom is -0.481 e. The topological polar surface area (TPSA) is 37.3 Å². The van der Waals surface area contributed by atoms with Crippen LogP contribution in [-0.2, 0) is 4.79 Å². The quantitative estimate of drug-likeness (QED) is 0.528. The van der Waals surface area contributed by atoms with Crippen molar-refractivity contribution < 1.29 is 9.90 Å². The van der Waals surface area contributed by atoms with Crippen molar-refractivity contribution in [3.8, 4) is 0 Å². The molecule has 20 heavy (non-hydrogen) atoms. The number of aliphatic carboxylic acids is 1. The van der Waals surface area contributed by atoms with Crippen LogP contribution >= 0.6 is 0 Å². The molecule has 0 amide bonds. The summed E-state index contributed by atoms with van der Waals surface area (Å²) in [4.78, 5) is 11.1. The minimum atomic E-state index is -0.879. The highest BCUT2D eigenvalue weighted by Gasteiger charge is 2.26. The van der Waals surface area contributed by atoms with E-state index in [1.807, 2.05) is 39.0 Å². The number of hydrogen-bond donors (Lipinski definition) is 1. The predicted octanol–water partition coefficient (Wildman–Crippen LogP) is 4.92. The van der Waals surface area contributed by atoms with Crippen molar-refractivity contribution in [2.75, 3.05) is 0 Å². The molecule has 0 rings (SSSR count). The SMILES string of the molecule is C=C/C(C)=C\C=C(/C=C)C(C)(C)/C=C\C(C)(C)C(=O)O. The monoisotopic (exact) mass is 274 g/mol. The molecule has 2 heteroatoms. The maximum Gasteiger partial charge on any atom is 0.312 e. The van der Waals surface area contributed by atoms with E-state index < -0.39 is 11.4 Å². The van der Waals surface area contributed by atoms with Crippen molar-refractivity contribution in [3.05, 3.63) is 60.8 Å². The van der Waals surface area contributed by atoms with Gasteiger partial charge in [-0.1, -0.05) is 69.0 Å². The number of rotatable bonds is 7. The van der Waals surface area contributed by atoms with Crippen LogP contribution in [0.25, 0.3) is 0 Å². The molecule has 0 fully saturated rings. The zero-order valence-corrected chi connectivity index (χ0v) is 13.2. The van der Waals surface area contributed by atoms with Crippen molar-refractivity contribution in [1.82, 2.24) is 0 Å². The van der Waals surface area contributed by atoms with Crippen LogP contribution in [0.5, 0.6) is 0 Å². The standard InChI is InChI=1S/C18H26O2/c1-8-14(3)10-11-15(9-2)17(4,5)12-13-18(6,7)16(19)20/h8-13H,1-2H2,3-7H3,(H,19,20)/b13-12-,14-10-,15-11+. The third kappa shape index (κ3) is 5.43. The van der Waals surface area contributed by atoms with Gasteiger partial charge in [0.2, 0.25) is 0 Å². The van der Waals surface area contributed by atoms with Crippen molar-refractivity contribution in [2.45, 2.75) is 34.6 Å². The largest absolute Gasteiger partial charge is 0.481 e. The highest BCUT2D eigenvalue weighted by Crippen LogP contribution is 2.31. The molecular formula is C18H26O2. The van der Waals surface area contributed by atoms with Crippen molar-refractivity contribution in [3.63, 3.8) is 0 Å². The first kappa shape index (κ1) is 18.2. The van der Waals surface area contributed by atoms with Crippen molar-refractivity contribution in [2.24, 2.45) is 10.8 Å². The molecule has 0 bridgehead atoms. The highest BCUT2D eigenvalue weighted by molar-refractivity contribution is 5.76. The molecule has 1 N–H and O–H groups in total. The Balaban J connectivity index is 5.39. The van der Waals surface area contributed by atoms with Gasteiger partial charge in [0.15, 0.2) is 0 Å². The number of carbonyl (C=O) groups is 1. The molecule has 0 saturated carbocycles. The lowest BCUT2D eigenvalue weighted by atomic mass is 9.80. The van der Waals surface area contributed by atoms with Gasteiger partial charge in [-0.3, -0.25) is 4.79 Å². The molecule has 0 unspecified atom stereocenters. The second-order valence-electron chi connectivity index (χ2n) is 6.02. The first-order valence-corrected chi connectivity index (χ1v) is 6.64.